The molecule has 0 amide bonds. The lowest BCUT2D eigenvalue weighted by molar-refractivity contribution is 0.00578. The fourth-order valence-electron chi connectivity index (χ4n) is 1.52. The highest BCUT2D eigenvalue weighted by molar-refractivity contribution is 6.54. The molecular weight excluding hydrogens is 215 g/mol. The summed E-state index contributed by atoms with van der Waals surface area (Å²) in [5.41, 5.74) is -2.22. The molecule has 2 aliphatic heterocycles. The average molecular weight is 248 g/mol. The Kier molecular flexibility index (Phi) is 1.18. The molecule has 0 N–H and O–H groups in total. The van der Waals surface area contributed by atoms with Gasteiger partial charge in [-0.2, -0.15) is 0 Å². The van der Waals surface area contributed by atoms with Crippen molar-refractivity contribution in [1.82, 2.24) is 9.80 Å². The number of hydrogen-bond donors (Lipinski definition) is 0. The van der Waals surface area contributed by atoms with E-state index in [2.05, 4.69) is 0 Å². The van der Waals surface area contributed by atoms with E-state index in [-0.39, 0.29) is 9.80 Å². The van der Waals surface area contributed by atoms with Crippen LogP contribution in [0.15, 0.2) is 11.8 Å². The van der Waals surface area contributed by atoms with Crippen molar-refractivity contribution in [1.29, 1.82) is 0 Å². The lowest BCUT2D eigenvalue weighted by atomic mass is 9.83. The summed E-state index contributed by atoms with van der Waals surface area (Å²) in [6.07, 6.45) is 0.753. The molecule has 0 bridgehead atoms. The molecule has 2 aliphatic rings. The Morgan fingerprint density at radius 1 is 1.24 bits per heavy atom. The van der Waals surface area contributed by atoms with Gasteiger partial charge in [0.25, 0.3) is 0 Å². The van der Waals surface area contributed by atoms with Gasteiger partial charge in [0, 0.05) is 41.4 Å². The van der Waals surface area contributed by atoms with Crippen LogP contribution in [0.25, 0.3) is 0 Å². The van der Waals surface area contributed by atoms with Gasteiger partial charge in [0.2, 0.25) is 0 Å². The van der Waals surface area contributed by atoms with E-state index in [0.717, 1.165) is 6.20 Å². The minimum atomic E-state index is -3.22. The highest BCUT2D eigenvalue weighted by atomic mass is 16.7. The summed E-state index contributed by atoms with van der Waals surface area (Å²) in [5, 5.41) is 0. The summed E-state index contributed by atoms with van der Waals surface area (Å²) in [6, 6.07) is 0. The molecule has 0 unspecified atom stereocenters. The molecule has 96 valence electrons. The SMILES string of the molecule is [2H]C([2H])([2H])N1C=C(B2OC(C)(C)C(C)(C)O2)N(C([2H])([2H])[2H])C([2H])([2H])C1([2H])[2H]. The van der Waals surface area contributed by atoms with E-state index in [4.69, 9.17) is 23.0 Å². The number of rotatable bonds is 1. The first kappa shape index (κ1) is 5.13. The zero-order chi connectivity index (χ0) is 21.4. The third kappa shape index (κ3) is 2.18. The van der Waals surface area contributed by atoms with Crippen molar-refractivity contribution in [3.63, 3.8) is 0 Å². The standard InChI is InChI=1S/C12H23BN2O2/c1-11(2)12(3,4)17-13(16-11)10-9-14(5)7-8-15(10)6/h9H,7-8H2,1-6H3/i5D3,6D3,7D2,8D2. The van der Waals surface area contributed by atoms with Gasteiger partial charge < -0.3 is 19.1 Å². The predicted molar refractivity (Wildman–Crippen MR) is 69.4 cm³/mol. The Morgan fingerprint density at radius 2 is 1.88 bits per heavy atom. The Hall–Kier alpha value is -0.675. The van der Waals surface area contributed by atoms with Crippen LogP contribution in [0.4, 0.5) is 0 Å². The molecule has 0 aromatic heterocycles. The summed E-state index contributed by atoms with van der Waals surface area (Å²) < 4.78 is 89.7. The van der Waals surface area contributed by atoms with Crippen LogP contribution in [-0.2, 0) is 9.31 Å². The fourth-order valence-corrected chi connectivity index (χ4v) is 1.52. The van der Waals surface area contributed by atoms with E-state index in [1.54, 1.807) is 27.7 Å². The highest BCUT2D eigenvalue weighted by Gasteiger charge is 2.53. The number of nitrogens with zero attached hydrogens (tertiary/aromatic N) is 2. The monoisotopic (exact) mass is 248 g/mol. The summed E-state index contributed by atoms with van der Waals surface area (Å²) in [5.74, 6) is 0. The maximum atomic E-state index is 8.16. The van der Waals surface area contributed by atoms with Crippen LogP contribution in [0.5, 0.6) is 0 Å². The molecule has 0 aromatic carbocycles. The zero-order valence-corrected chi connectivity index (χ0v) is 10.4. The van der Waals surface area contributed by atoms with Crippen LogP contribution in [0, 0.1) is 0 Å². The van der Waals surface area contributed by atoms with Gasteiger partial charge in [-0.15, -0.1) is 0 Å². The third-order valence-electron chi connectivity index (χ3n) is 3.30. The second kappa shape index (κ2) is 3.92. The lowest BCUT2D eigenvalue weighted by Gasteiger charge is -2.32. The molecule has 0 saturated carbocycles. The normalized spacial score (nSPS) is 43.5. The van der Waals surface area contributed by atoms with Crippen molar-refractivity contribution in [2.45, 2.75) is 38.9 Å². The summed E-state index contributed by atoms with van der Waals surface area (Å²) in [6.45, 7) is -5.77. The van der Waals surface area contributed by atoms with Crippen LogP contribution < -0.4 is 0 Å². The maximum absolute atomic E-state index is 8.16. The van der Waals surface area contributed by atoms with Crippen molar-refractivity contribution in [3.8, 4) is 0 Å². The van der Waals surface area contributed by atoms with Gasteiger partial charge in [-0.1, -0.05) is 0 Å². The predicted octanol–water partition coefficient (Wildman–Crippen LogP) is 1.34. The van der Waals surface area contributed by atoms with Gasteiger partial charge in [0.15, 0.2) is 0 Å². The number of likely N-dealkylation sites (N-methyl/N-ethyl adjacent to an activating group) is 2. The van der Waals surface area contributed by atoms with E-state index in [0.29, 0.717) is 0 Å². The van der Waals surface area contributed by atoms with Crippen molar-refractivity contribution in [3.05, 3.63) is 11.8 Å². The van der Waals surface area contributed by atoms with Crippen molar-refractivity contribution in [2.75, 3.05) is 26.9 Å². The first-order valence-electron chi connectivity index (χ1n) is 10.3. The minimum absolute atomic E-state index is 0.197. The van der Waals surface area contributed by atoms with Crippen molar-refractivity contribution < 1.29 is 23.0 Å². The molecule has 5 heteroatoms. The highest BCUT2D eigenvalue weighted by Crippen LogP contribution is 2.39. The van der Waals surface area contributed by atoms with E-state index < -0.39 is 50.9 Å². The van der Waals surface area contributed by atoms with Gasteiger partial charge in [-0.05, 0) is 27.7 Å². The first-order chi connectivity index (χ1) is 11.7. The fraction of sp³-hybridized carbons (Fsp3) is 0.833. The molecular formula is C12H23BN2O2. The van der Waals surface area contributed by atoms with Crippen LogP contribution >= 0.6 is 0 Å². The Morgan fingerprint density at radius 3 is 2.41 bits per heavy atom. The molecule has 2 heterocycles. The molecule has 1 fully saturated rings. The van der Waals surface area contributed by atoms with Crippen molar-refractivity contribution >= 4 is 7.12 Å². The summed E-state index contributed by atoms with van der Waals surface area (Å²) >= 11 is 0. The second-order valence-corrected chi connectivity index (χ2v) is 5.07. The Balaban J connectivity index is 2.69. The van der Waals surface area contributed by atoms with Crippen LogP contribution in [-0.4, -0.2) is 55.1 Å². The quantitative estimate of drug-likeness (QED) is 0.654. The molecule has 2 rings (SSSR count). The van der Waals surface area contributed by atoms with Gasteiger partial charge in [-0.3, -0.25) is 0 Å². The maximum Gasteiger partial charge on any atom is 0.513 e. The molecule has 0 aliphatic carbocycles. The summed E-state index contributed by atoms with van der Waals surface area (Å²) in [4.78, 5) is 0.424. The molecule has 0 atom stereocenters. The Bertz CT molecular complexity index is 627. The van der Waals surface area contributed by atoms with Gasteiger partial charge in [0.1, 0.15) is 0 Å². The summed E-state index contributed by atoms with van der Waals surface area (Å²) in [7, 11) is -1.40. The largest absolute Gasteiger partial charge is 0.513 e. The van der Waals surface area contributed by atoms with Crippen LogP contribution in [0.2, 0.25) is 0 Å². The molecule has 0 radical (unpaired) electrons. The van der Waals surface area contributed by atoms with Gasteiger partial charge >= 0.3 is 7.12 Å². The van der Waals surface area contributed by atoms with Gasteiger partial charge in [-0.25, -0.2) is 0 Å². The molecule has 0 spiro atoms. The minimum Gasteiger partial charge on any atom is -0.398 e. The lowest BCUT2D eigenvalue weighted by Crippen LogP contribution is -2.41. The zero-order valence-electron chi connectivity index (χ0n) is 20.4. The van der Waals surface area contributed by atoms with E-state index in [1.165, 1.54) is 0 Å². The molecule has 4 nitrogen and oxygen atoms in total. The smallest absolute Gasteiger partial charge is 0.398 e. The van der Waals surface area contributed by atoms with E-state index in [1.807, 2.05) is 0 Å². The molecule has 17 heavy (non-hydrogen) atoms. The number of hydrogen-bond acceptors (Lipinski definition) is 4. The third-order valence-corrected chi connectivity index (χ3v) is 3.30. The average Bonchev–Trinajstić information content (AvgIpc) is 2.57. The van der Waals surface area contributed by atoms with Crippen LogP contribution in [0.1, 0.15) is 41.4 Å². The van der Waals surface area contributed by atoms with E-state index in [9.17, 15) is 0 Å². The topological polar surface area (TPSA) is 24.9 Å². The van der Waals surface area contributed by atoms with Crippen LogP contribution in [0.3, 0.4) is 0 Å². The van der Waals surface area contributed by atoms with Crippen molar-refractivity contribution in [2.24, 2.45) is 0 Å². The molecule has 1 saturated heterocycles. The second-order valence-electron chi connectivity index (χ2n) is 5.07. The molecule has 0 aromatic rings. The van der Waals surface area contributed by atoms with Gasteiger partial charge in [0.05, 0.1) is 22.3 Å². The van der Waals surface area contributed by atoms with E-state index >= 15 is 0 Å². The first-order valence-corrected chi connectivity index (χ1v) is 5.33. The Labute approximate surface area is 119 Å².